The van der Waals surface area contributed by atoms with Crippen LogP contribution in [0.5, 0.6) is 0 Å². The largest absolute Gasteiger partial charge is 0.370 e. The summed E-state index contributed by atoms with van der Waals surface area (Å²) < 4.78 is 28.3. The first-order valence-corrected chi connectivity index (χ1v) is 11.0. The lowest BCUT2D eigenvalue weighted by Gasteiger charge is -2.23. The zero-order valence-corrected chi connectivity index (χ0v) is 16.9. The average molecular weight is 400 g/mol. The molecule has 0 unspecified atom stereocenters. The molecule has 0 aliphatic carbocycles. The number of hydrogen-bond acceptors (Lipinski definition) is 5. The molecule has 1 aromatic rings. The summed E-state index contributed by atoms with van der Waals surface area (Å²) >= 11 is 5.23. The summed E-state index contributed by atoms with van der Waals surface area (Å²) in [5.41, 5.74) is 4.39. The van der Waals surface area contributed by atoms with Crippen LogP contribution in [0.2, 0.25) is 0 Å². The number of thiocarbonyl (C=S) groups is 1. The molecule has 0 bridgehead atoms. The summed E-state index contributed by atoms with van der Waals surface area (Å²) in [6, 6.07) is 6.62. The Bertz CT molecular complexity index is 727. The van der Waals surface area contributed by atoms with Crippen LogP contribution in [0.15, 0.2) is 34.3 Å². The molecular weight excluding hydrogens is 372 g/mol. The molecule has 0 aromatic heterocycles. The van der Waals surface area contributed by atoms with Gasteiger partial charge in [-0.15, -0.1) is 0 Å². The minimum absolute atomic E-state index is 0.293. The molecule has 1 saturated heterocycles. The summed E-state index contributed by atoms with van der Waals surface area (Å²) in [6.45, 7) is 7.59. The van der Waals surface area contributed by atoms with E-state index in [-0.39, 0.29) is 0 Å². The minimum Gasteiger partial charge on any atom is -0.370 e. The Morgan fingerprint density at radius 3 is 2.54 bits per heavy atom. The van der Waals surface area contributed by atoms with Gasteiger partial charge >= 0.3 is 0 Å². The Labute approximate surface area is 160 Å². The molecule has 2 rings (SSSR count). The molecule has 26 heavy (non-hydrogen) atoms. The van der Waals surface area contributed by atoms with Crippen molar-refractivity contribution in [1.82, 2.24) is 10.7 Å². The number of benzene rings is 1. The SMILES string of the molecule is C/C(=N/NC(=S)NCCC[NH+]1CCOCC1)c1ccc(S(C)(=O)=O)cc1. The molecule has 7 nitrogen and oxygen atoms in total. The van der Waals surface area contributed by atoms with Crippen LogP contribution in [0.3, 0.4) is 0 Å². The Hall–Kier alpha value is -1.55. The van der Waals surface area contributed by atoms with Crippen LogP contribution in [0.4, 0.5) is 0 Å². The maximum absolute atomic E-state index is 11.5. The van der Waals surface area contributed by atoms with E-state index in [0.717, 1.165) is 57.1 Å². The van der Waals surface area contributed by atoms with E-state index in [2.05, 4.69) is 15.8 Å². The van der Waals surface area contributed by atoms with Gasteiger partial charge in [0.25, 0.3) is 0 Å². The van der Waals surface area contributed by atoms with E-state index >= 15 is 0 Å². The van der Waals surface area contributed by atoms with Crippen LogP contribution < -0.4 is 15.6 Å². The summed E-state index contributed by atoms with van der Waals surface area (Å²) in [4.78, 5) is 1.87. The molecule has 1 fully saturated rings. The highest BCUT2D eigenvalue weighted by Crippen LogP contribution is 2.10. The van der Waals surface area contributed by atoms with Crippen LogP contribution in [-0.4, -0.2) is 64.9 Å². The van der Waals surface area contributed by atoms with Crippen molar-refractivity contribution in [2.24, 2.45) is 5.10 Å². The van der Waals surface area contributed by atoms with Crippen molar-refractivity contribution in [3.05, 3.63) is 29.8 Å². The van der Waals surface area contributed by atoms with Gasteiger partial charge in [-0.25, -0.2) is 8.42 Å². The van der Waals surface area contributed by atoms with E-state index in [9.17, 15) is 8.42 Å². The second-order valence-corrected chi connectivity index (χ2v) is 8.75. The van der Waals surface area contributed by atoms with Crippen LogP contribution >= 0.6 is 12.2 Å². The molecule has 1 heterocycles. The fourth-order valence-corrected chi connectivity index (χ4v) is 3.41. The Morgan fingerprint density at radius 2 is 1.92 bits per heavy atom. The predicted molar refractivity (Wildman–Crippen MR) is 106 cm³/mol. The third-order valence-electron chi connectivity index (χ3n) is 4.22. The molecule has 1 aromatic carbocycles. The van der Waals surface area contributed by atoms with E-state index in [4.69, 9.17) is 17.0 Å². The number of rotatable bonds is 7. The summed E-state index contributed by atoms with van der Waals surface area (Å²) in [6.07, 6.45) is 2.22. The van der Waals surface area contributed by atoms with Gasteiger partial charge in [0.2, 0.25) is 0 Å². The van der Waals surface area contributed by atoms with Gasteiger partial charge in [-0.05, 0) is 36.8 Å². The molecule has 3 N–H and O–H groups in total. The lowest BCUT2D eigenvalue weighted by molar-refractivity contribution is -0.908. The minimum atomic E-state index is -3.19. The molecule has 1 aliphatic heterocycles. The Kier molecular flexibility index (Phi) is 7.95. The van der Waals surface area contributed by atoms with Gasteiger partial charge in [0.05, 0.1) is 30.4 Å². The molecule has 0 atom stereocenters. The lowest BCUT2D eigenvalue weighted by Crippen LogP contribution is -3.14. The van der Waals surface area contributed by atoms with Crippen LogP contribution in [0, 0.1) is 0 Å². The fraction of sp³-hybridized carbons (Fsp3) is 0.529. The van der Waals surface area contributed by atoms with Gasteiger partial charge < -0.3 is 15.0 Å². The normalized spacial score (nSPS) is 16.3. The number of sulfone groups is 1. The summed E-state index contributed by atoms with van der Waals surface area (Å²) in [5, 5.41) is 7.87. The van der Waals surface area contributed by atoms with Gasteiger partial charge in [0.1, 0.15) is 13.1 Å². The number of hydrogen-bond donors (Lipinski definition) is 3. The lowest BCUT2D eigenvalue weighted by atomic mass is 10.1. The van der Waals surface area contributed by atoms with E-state index < -0.39 is 9.84 Å². The van der Waals surface area contributed by atoms with Crippen molar-refractivity contribution < 1.29 is 18.1 Å². The standard InChI is InChI=1S/C17H26N4O3S2/c1-14(15-4-6-16(7-5-15)26(2,22)23)19-20-17(25)18-8-3-9-21-10-12-24-13-11-21/h4-7H,3,8-13H2,1-2H3,(H2,18,20,25)/p+1/b19-14-. The van der Waals surface area contributed by atoms with Gasteiger partial charge in [0.15, 0.2) is 14.9 Å². The third-order valence-corrected chi connectivity index (χ3v) is 5.58. The zero-order chi connectivity index (χ0) is 19.0. The predicted octanol–water partition coefficient (Wildman–Crippen LogP) is -0.417. The molecule has 9 heteroatoms. The topological polar surface area (TPSA) is 84.2 Å². The first-order chi connectivity index (χ1) is 12.4. The highest BCUT2D eigenvalue weighted by molar-refractivity contribution is 7.90. The number of ether oxygens (including phenoxy) is 1. The smallest absolute Gasteiger partial charge is 0.186 e. The molecule has 0 radical (unpaired) electrons. The van der Waals surface area contributed by atoms with Gasteiger partial charge in [-0.2, -0.15) is 5.10 Å². The van der Waals surface area contributed by atoms with Gasteiger partial charge in [0, 0.05) is 19.2 Å². The van der Waals surface area contributed by atoms with Crippen LogP contribution in [0.25, 0.3) is 0 Å². The molecular formula is C17H27N4O3S2+. The number of morpholine rings is 1. The van der Waals surface area contributed by atoms with Crippen molar-refractivity contribution in [2.75, 3.05) is 45.6 Å². The van der Waals surface area contributed by atoms with E-state index in [1.54, 1.807) is 29.2 Å². The quantitative estimate of drug-likeness (QED) is 0.250. The van der Waals surface area contributed by atoms with Crippen molar-refractivity contribution in [3.8, 4) is 0 Å². The second-order valence-electron chi connectivity index (χ2n) is 6.33. The number of nitrogens with one attached hydrogen (secondary N) is 3. The molecule has 1 aliphatic rings. The second kappa shape index (κ2) is 9.96. The molecule has 0 spiro atoms. The van der Waals surface area contributed by atoms with E-state index in [1.165, 1.54) is 6.26 Å². The van der Waals surface area contributed by atoms with Crippen molar-refractivity contribution in [1.29, 1.82) is 0 Å². The van der Waals surface area contributed by atoms with Crippen LogP contribution in [0.1, 0.15) is 18.9 Å². The first kappa shape index (κ1) is 20.8. The van der Waals surface area contributed by atoms with E-state index in [1.807, 2.05) is 6.92 Å². The monoisotopic (exact) mass is 399 g/mol. The van der Waals surface area contributed by atoms with Crippen molar-refractivity contribution in [3.63, 3.8) is 0 Å². The highest BCUT2D eigenvalue weighted by Gasteiger charge is 2.12. The number of quaternary nitrogens is 1. The zero-order valence-electron chi connectivity index (χ0n) is 15.2. The molecule has 0 amide bonds. The highest BCUT2D eigenvalue weighted by atomic mass is 32.2. The fourth-order valence-electron chi connectivity index (χ4n) is 2.63. The number of hydrazone groups is 1. The average Bonchev–Trinajstić information content (AvgIpc) is 2.63. The van der Waals surface area contributed by atoms with Gasteiger partial charge in [-0.3, -0.25) is 5.43 Å². The third kappa shape index (κ3) is 6.99. The van der Waals surface area contributed by atoms with Crippen molar-refractivity contribution >= 4 is 32.9 Å². The van der Waals surface area contributed by atoms with Gasteiger partial charge in [-0.1, -0.05) is 12.1 Å². The first-order valence-electron chi connectivity index (χ1n) is 8.66. The maximum atomic E-state index is 11.5. The van der Waals surface area contributed by atoms with Crippen LogP contribution in [-0.2, 0) is 14.6 Å². The Balaban J connectivity index is 1.72. The van der Waals surface area contributed by atoms with Crippen molar-refractivity contribution in [2.45, 2.75) is 18.2 Å². The molecule has 144 valence electrons. The summed E-state index contributed by atoms with van der Waals surface area (Å²) in [5.74, 6) is 0. The Morgan fingerprint density at radius 1 is 1.27 bits per heavy atom. The maximum Gasteiger partial charge on any atom is 0.186 e. The van der Waals surface area contributed by atoms with E-state index in [0.29, 0.717) is 10.0 Å². The molecule has 0 saturated carbocycles. The number of nitrogens with zero attached hydrogens (tertiary/aromatic N) is 1. The summed E-state index contributed by atoms with van der Waals surface area (Å²) in [7, 11) is -3.19.